The molecule has 1 aromatic carbocycles. The van der Waals surface area contributed by atoms with Crippen molar-refractivity contribution < 1.29 is 13.9 Å². The topological polar surface area (TPSA) is 42.4 Å². The zero-order chi connectivity index (χ0) is 16.7. The number of fused-ring (bicyclic) bond motifs is 1. The molecule has 0 bridgehead atoms. The quantitative estimate of drug-likeness (QED) is 0.838. The predicted octanol–water partition coefficient (Wildman–Crippen LogP) is 3.30. The minimum Gasteiger partial charge on any atom is -0.480 e. The van der Waals surface area contributed by atoms with Gasteiger partial charge in [-0.25, -0.2) is 9.37 Å². The Kier molecular flexibility index (Phi) is 4.00. The van der Waals surface area contributed by atoms with Gasteiger partial charge >= 0.3 is 0 Å². The molecule has 2 aromatic rings. The molecule has 2 aliphatic heterocycles. The lowest BCUT2D eigenvalue weighted by Gasteiger charge is -2.33. The van der Waals surface area contributed by atoms with Gasteiger partial charge in [-0.05, 0) is 38.0 Å². The Balaban J connectivity index is 1.45. The molecule has 2 atom stereocenters. The van der Waals surface area contributed by atoms with Gasteiger partial charge in [0.25, 0.3) is 5.91 Å². The number of likely N-dealkylation sites (tertiary alicyclic amines) is 1. The standard InChI is InChI=1S/C18H19FN2O2S/c1-11-10-24-17(20-11)12-3-2-6-21(9-12)18(22)16-8-13-7-14(19)4-5-15(13)23-16/h4-5,7,10,12,16H,2-3,6,8-9H2,1H3/t12-,16+/m1/s1. The molecule has 0 aliphatic carbocycles. The summed E-state index contributed by atoms with van der Waals surface area (Å²) in [5.74, 6) is 0.647. The van der Waals surface area contributed by atoms with Crippen molar-refractivity contribution in [2.75, 3.05) is 13.1 Å². The number of halogens is 1. The summed E-state index contributed by atoms with van der Waals surface area (Å²) in [6.07, 6.45) is 1.96. The van der Waals surface area contributed by atoms with Crippen LogP contribution in [0.15, 0.2) is 23.6 Å². The Morgan fingerprint density at radius 1 is 1.46 bits per heavy atom. The number of piperidine rings is 1. The molecule has 1 amide bonds. The Morgan fingerprint density at radius 2 is 2.33 bits per heavy atom. The molecular formula is C18H19FN2O2S. The molecule has 1 saturated heterocycles. The van der Waals surface area contributed by atoms with E-state index in [0.717, 1.165) is 35.7 Å². The number of thiazole rings is 1. The van der Waals surface area contributed by atoms with Crippen LogP contribution in [0.4, 0.5) is 4.39 Å². The Hall–Kier alpha value is -1.95. The Morgan fingerprint density at radius 3 is 3.12 bits per heavy atom. The molecule has 0 N–H and O–H groups in total. The van der Waals surface area contributed by atoms with E-state index >= 15 is 0 Å². The highest BCUT2D eigenvalue weighted by molar-refractivity contribution is 7.09. The van der Waals surface area contributed by atoms with E-state index in [4.69, 9.17) is 4.74 Å². The lowest BCUT2D eigenvalue weighted by Crippen LogP contribution is -2.45. The van der Waals surface area contributed by atoms with Crippen LogP contribution in [-0.4, -0.2) is 35.0 Å². The van der Waals surface area contributed by atoms with Gasteiger partial charge in [-0.3, -0.25) is 4.79 Å². The predicted molar refractivity (Wildman–Crippen MR) is 89.9 cm³/mol. The molecule has 24 heavy (non-hydrogen) atoms. The maximum Gasteiger partial charge on any atom is 0.264 e. The number of carbonyl (C=O) groups excluding carboxylic acids is 1. The van der Waals surface area contributed by atoms with Crippen LogP contribution < -0.4 is 4.74 Å². The third-order valence-corrected chi connectivity index (χ3v) is 5.82. The van der Waals surface area contributed by atoms with E-state index in [-0.39, 0.29) is 11.7 Å². The van der Waals surface area contributed by atoms with Crippen LogP contribution in [-0.2, 0) is 11.2 Å². The minimum atomic E-state index is -0.529. The Labute approximate surface area is 144 Å². The lowest BCUT2D eigenvalue weighted by atomic mass is 9.98. The zero-order valence-electron chi connectivity index (χ0n) is 13.5. The van der Waals surface area contributed by atoms with Gasteiger partial charge in [0.2, 0.25) is 0 Å². The summed E-state index contributed by atoms with van der Waals surface area (Å²) in [5.41, 5.74) is 1.81. The van der Waals surface area contributed by atoms with Crippen molar-refractivity contribution in [2.45, 2.75) is 38.2 Å². The van der Waals surface area contributed by atoms with Gasteiger partial charge in [0.15, 0.2) is 6.10 Å². The first-order valence-electron chi connectivity index (χ1n) is 8.26. The van der Waals surface area contributed by atoms with Crippen molar-refractivity contribution in [1.29, 1.82) is 0 Å². The first kappa shape index (κ1) is 15.6. The highest BCUT2D eigenvalue weighted by atomic mass is 32.1. The third-order valence-electron chi connectivity index (χ3n) is 4.69. The summed E-state index contributed by atoms with van der Waals surface area (Å²) in [6, 6.07) is 4.43. The van der Waals surface area contributed by atoms with Gasteiger partial charge in [-0.15, -0.1) is 11.3 Å². The number of hydrogen-bond acceptors (Lipinski definition) is 4. The summed E-state index contributed by atoms with van der Waals surface area (Å²) in [4.78, 5) is 19.3. The fourth-order valence-electron chi connectivity index (χ4n) is 3.50. The van der Waals surface area contributed by atoms with E-state index in [1.807, 2.05) is 11.8 Å². The number of hydrogen-bond donors (Lipinski definition) is 0. The molecular weight excluding hydrogens is 327 g/mol. The second-order valence-electron chi connectivity index (χ2n) is 6.51. The summed E-state index contributed by atoms with van der Waals surface area (Å²) in [6.45, 7) is 3.44. The molecule has 1 aromatic heterocycles. The SMILES string of the molecule is Cc1csc([C@@H]2CCCN(C(=O)[C@@H]3Cc4cc(F)ccc4O3)C2)n1. The molecule has 4 nitrogen and oxygen atoms in total. The molecule has 1 fully saturated rings. The number of aryl methyl sites for hydroxylation is 1. The largest absolute Gasteiger partial charge is 0.480 e. The molecule has 0 saturated carbocycles. The van der Waals surface area contributed by atoms with E-state index in [9.17, 15) is 9.18 Å². The van der Waals surface area contributed by atoms with Crippen LogP contribution in [0.1, 0.15) is 35.0 Å². The number of nitrogens with zero attached hydrogens (tertiary/aromatic N) is 2. The third kappa shape index (κ3) is 2.90. The highest BCUT2D eigenvalue weighted by Crippen LogP contribution is 2.33. The fraction of sp³-hybridized carbons (Fsp3) is 0.444. The smallest absolute Gasteiger partial charge is 0.264 e. The number of rotatable bonds is 2. The van der Waals surface area contributed by atoms with E-state index in [1.165, 1.54) is 12.1 Å². The van der Waals surface area contributed by atoms with E-state index < -0.39 is 6.10 Å². The van der Waals surface area contributed by atoms with Gasteiger partial charge in [-0.1, -0.05) is 0 Å². The summed E-state index contributed by atoms with van der Waals surface area (Å²) < 4.78 is 19.1. The molecule has 126 valence electrons. The molecule has 2 aliphatic rings. The summed E-state index contributed by atoms with van der Waals surface area (Å²) >= 11 is 1.67. The highest BCUT2D eigenvalue weighted by Gasteiger charge is 2.35. The van der Waals surface area contributed by atoms with Gasteiger partial charge in [0.1, 0.15) is 11.6 Å². The molecule has 0 unspecified atom stereocenters. The number of carbonyl (C=O) groups is 1. The second-order valence-corrected chi connectivity index (χ2v) is 7.40. The van der Waals surface area contributed by atoms with Crippen LogP contribution in [0.5, 0.6) is 5.75 Å². The van der Waals surface area contributed by atoms with Crippen LogP contribution in [0, 0.1) is 12.7 Å². The van der Waals surface area contributed by atoms with E-state index in [1.54, 1.807) is 17.4 Å². The van der Waals surface area contributed by atoms with Gasteiger partial charge in [0, 0.05) is 42.1 Å². The summed E-state index contributed by atoms with van der Waals surface area (Å²) in [5, 5.41) is 3.17. The first-order valence-corrected chi connectivity index (χ1v) is 9.14. The average molecular weight is 346 g/mol. The molecule has 6 heteroatoms. The van der Waals surface area contributed by atoms with Crippen molar-refractivity contribution in [2.24, 2.45) is 0 Å². The van der Waals surface area contributed by atoms with Crippen LogP contribution in [0.2, 0.25) is 0 Å². The number of benzene rings is 1. The summed E-state index contributed by atoms with van der Waals surface area (Å²) in [7, 11) is 0. The molecule has 0 radical (unpaired) electrons. The number of aromatic nitrogens is 1. The van der Waals surface area contributed by atoms with Crippen molar-refractivity contribution in [1.82, 2.24) is 9.88 Å². The van der Waals surface area contributed by atoms with Crippen molar-refractivity contribution in [3.05, 3.63) is 45.7 Å². The Bertz CT molecular complexity index is 776. The van der Waals surface area contributed by atoms with E-state index in [2.05, 4.69) is 10.4 Å². The van der Waals surface area contributed by atoms with Gasteiger partial charge < -0.3 is 9.64 Å². The first-order chi connectivity index (χ1) is 11.6. The average Bonchev–Trinajstić information content (AvgIpc) is 3.20. The monoisotopic (exact) mass is 346 g/mol. The maximum absolute atomic E-state index is 13.3. The molecule has 0 spiro atoms. The zero-order valence-corrected chi connectivity index (χ0v) is 14.3. The maximum atomic E-state index is 13.3. The van der Waals surface area contributed by atoms with Gasteiger partial charge in [0.05, 0.1) is 5.01 Å². The van der Waals surface area contributed by atoms with Crippen molar-refractivity contribution in [3.8, 4) is 5.75 Å². The molecule has 3 heterocycles. The lowest BCUT2D eigenvalue weighted by molar-refractivity contribution is -0.139. The normalized spacial score (nSPS) is 23.0. The van der Waals surface area contributed by atoms with Crippen molar-refractivity contribution >= 4 is 17.2 Å². The number of ether oxygens (including phenoxy) is 1. The van der Waals surface area contributed by atoms with Crippen LogP contribution in [0.3, 0.4) is 0 Å². The van der Waals surface area contributed by atoms with E-state index in [0.29, 0.717) is 24.6 Å². The van der Waals surface area contributed by atoms with Crippen molar-refractivity contribution in [3.63, 3.8) is 0 Å². The van der Waals surface area contributed by atoms with Gasteiger partial charge in [-0.2, -0.15) is 0 Å². The minimum absolute atomic E-state index is 0.00425. The van der Waals surface area contributed by atoms with Crippen LogP contribution in [0.25, 0.3) is 0 Å². The fourth-order valence-corrected chi connectivity index (χ4v) is 4.42. The van der Waals surface area contributed by atoms with Crippen LogP contribution >= 0.6 is 11.3 Å². The number of amides is 1. The molecule has 4 rings (SSSR count). The second kappa shape index (κ2) is 6.16.